The first-order valence-electron chi connectivity index (χ1n) is 6.61. The Morgan fingerprint density at radius 3 is 2.60 bits per heavy atom. The van der Waals surface area contributed by atoms with Crippen LogP contribution in [0.3, 0.4) is 0 Å². The van der Waals surface area contributed by atoms with Gasteiger partial charge in [-0.25, -0.2) is 9.97 Å². The summed E-state index contributed by atoms with van der Waals surface area (Å²) in [5.41, 5.74) is 2.11. The second kappa shape index (κ2) is 7.10. The van der Waals surface area contributed by atoms with Gasteiger partial charge in [0.25, 0.3) is 0 Å². The molecule has 0 aliphatic carbocycles. The number of hydrogen-bond donors (Lipinski definition) is 1. The minimum atomic E-state index is 0.285. The molecule has 0 aliphatic rings. The van der Waals surface area contributed by atoms with Crippen molar-refractivity contribution in [3.63, 3.8) is 0 Å². The standard InChI is InChI=1S/C15H18ClN3O/c1-3-4-12-9-14(19-15(16)18-12)17-10-11-5-7-13(20-2)8-6-11/h5-9H,3-4,10H2,1-2H3,(H,17,18,19). The van der Waals surface area contributed by atoms with Gasteiger partial charge in [0.2, 0.25) is 5.28 Å². The number of benzene rings is 1. The molecule has 4 nitrogen and oxygen atoms in total. The van der Waals surface area contributed by atoms with Gasteiger partial charge in [-0.3, -0.25) is 0 Å². The van der Waals surface area contributed by atoms with E-state index in [-0.39, 0.29) is 5.28 Å². The van der Waals surface area contributed by atoms with Gasteiger partial charge < -0.3 is 10.1 Å². The topological polar surface area (TPSA) is 47.0 Å². The predicted octanol–water partition coefficient (Wildman–Crippen LogP) is 3.70. The fraction of sp³-hybridized carbons (Fsp3) is 0.333. The molecule has 2 aromatic rings. The Labute approximate surface area is 124 Å². The van der Waals surface area contributed by atoms with Crippen LogP contribution in [0.25, 0.3) is 0 Å². The van der Waals surface area contributed by atoms with Gasteiger partial charge in [0.1, 0.15) is 11.6 Å². The van der Waals surface area contributed by atoms with Gasteiger partial charge in [-0.2, -0.15) is 0 Å². The summed E-state index contributed by atoms with van der Waals surface area (Å²) in [6, 6.07) is 9.85. The zero-order valence-corrected chi connectivity index (χ0v) is 12.4. The lowest BCUT2D eigenvalue weighted by molar-refractivity contribution is 0.414. The van der Waals surface area contributed by atoms with E-state index in [9.17, 15) is 0 Å². The molecular formula is C15H18ClN3O. The predicted molar refractivity (Wildman–Crippen MR) is 81.4 cm³/mol. The second-order valence-corrected chi connectivity index (χ2v) is 4.80. The van der Waals surface area contributed by atoms with Crippen LogP contribution in [0.4, 0.5) is 5.82 Å². The summed E-state index contributed by atoms with van der Waals surface area (Å²) in [7, 11) is 1.66. The highest BCUT2D eigenvalue weighted by molar-refractivity contribution is 6.28. The number of ether oxygens (including phenoxy) is 1. The smallest absolute Gasteiger partial charge is 0.224 e. The molecule has 106 valence electrons. The third-order valence-electron chi connectivity index (χ3n) is 2.89. The molecule has 20 heavy (non-hydrogen) atoms. The summed E-state index contributed by atoms with van der Waals surface area (Å²) < 4.78 is 5.13. The molecule has 0 aliphatic heterocycles. The monoisotopic (exact) mass is 291 g/mol. The quantitative estimate of drug-likeness (QED) is 0.824. The summed E-state index contributed by atoms with van der Waals surface area (Å²) in [5.74, 6) is 1.60. The largest absolute Gasteiger partial charge is 0.497 e. The summed E-state index contributed by atoms with van der Waals surface area (Å²) in [6.45, 7) is 2.80. The molecule has 0 bridgehead atoms. The van der Waals surface area contributed by atoms with E-state index in [0.717, 1.165) is 35.7 Å². The van der Waals surface area contributed by atoms with E-state index in [4.69, 9.17) is 16.3 Å². The van der Waals surface area contributed by atoms with Gasteiger partial charge in [0, 0.05) is 18.3 Å². The number of aromatic nitrogens is 2. The molecule has 1 aromatic heterocycles. The van der Waals surface area contributed by atoms with Crippen LogP contribution in [0, 0.1) is 0 Å². The average Bonchev–Trinajstić information content (AvgIpc) is 2.45. The lowest BCUT2D eigenvalue weighted by Gasteiger charge is -2.08. The summed E-state index contributed by atoms with van der Waals surface area (Å²) in [5, 5.41) is 3.55. The lowest BCUT2D eigenvalue weighted by atomic mass is 10.2. The van der Waals surface area contributed by atoms with Crippen molar-refractivity contribution in [3.8, 4) is 5.75 Å². The number of nitrogens with zero attached hydrogens (tertiary/aromatic N) is 2. The van der Waals surface area contributed by atoms with Gasteiger partial charge in [-0.05, 0) is 35.7 Å². The van der Waals surface area contributed by atoms with Gasteiger partial charge in [-0.15, -0.1) is 0 Å². The van der Waals surface area contributed by atoms with Gasteiger partial charge in [0.15, 0.2) is 0 Å². The molecule has 2 rings (SSSR count). The van der Waals surface area contributed by atoms with Crippen LogP contribution in [0.1, 0.15) is 24.6 Å². The molecule has 0 amide bonds. The minimum Gasteiger partial charge on any atom is -0.497 e. The van der Waals surface area contributed by atoms with Crippen LogP contribution in [-0.2, 0) is 13.0 Å². The second-order valence-electron chi connectivity index (χ2n) is 4.47. The lowest BCUT2D eigenvalue weighted by Crippen LogP contribution is -2.04. The number of rotatable bonds is 6. The average molecular weight is 292 g/mol. The van der Waals surface area contributed by atoms with E-state index in [1.54, 1.807) is 7.11 Å². The van der Waals surface area contributed by atoms with Crippen molar-refractivity contribution in [1.82, 2.24) is 9.97 Å². The Balaban J connectivity index is 2.02. The molecule has 1 aromatic carbocycles. The van der Waals surface area contributed by atoms with Gasteiger partial charge in [0.05, 0.1) is 7.11 Å². The third kappa shape index (κ3) is 4.10. The first kappa shape index (κ1) is 14.6. The zero-order chi connectivity index (χ0) is 14.4. The maximum absolute atomic E-state index is 5.93. The number of anilines is 1. The zero-order valence-electron chi connectivity index (χ0n) is 11.7. The molecule has 1 heterocycles. The van der Waals surface area contributed by atoms with Crippen LogP contribution in [0.15, 0.2) is 30.3 Å². The van der Waals surface area contributed by atoms with Crippen LogP contribution in [-0.4, -0.2) is 17.1 Å². The molecule has 0 radical (unpaired) electrons. The number of aryl methyl sites for hydroxylation is 1. The van der Waals surface area contributed by atoms with E-state index >= 15 is 0 Å². The summed E-state index contributed by atoms with van der Waals surface area (Å²) in [4.78, 5) is 8.38. The highest BCUT2D eigenvalue weighted by Gasteiger charge is 2.03. The fourth-order valence-electron chi connectivity index (χ4n) is 1.88. The Kier molecular flexibility index (Phi) is 5.18. The molecule has 0 saturated heterocycles. The molecule has 5 heteroatoms. The van der Waals surface area contributed by atoms with E-state index in [0.29, 0.717) is 6.54 Å². The third-order valence-corrected chi connectivity index (χ3v) is 3.06. The van der Waals surface area contributed by atoms with Crippen LogP contribution >= 0.6 is 11.6 Å². The Morgan fingerprint density at radius 2 is 1.95 bits per heavy atom. The molecular weight excluding hydrogens is 274 g/mol. The normalized spacial score (nSPS) is 10.3. The highest BCUT2D eigenvalue weighted by Crippen LogP contribution is 2.15. The van der Waals surface area contributed by atoms with E-state index in [1.165, 1.54) is 0 Å². The van der Waals surface area contributed by atoms with Crippen molar-refractivity contribution in [2.24, 2.45) is 0 Å². The Bertz CT molecular complexity index is 558. The summed E-state index contributed by atoms with van der Waals surface area (Å²) >= 11 is 5.93. The number of hydrogen-bond acceptors (Lipinski definition) is 4. The Morgan fingerprint density at radius 1 is 1.20 bits per heavy atom. The van der Waals surface area contributed by atoms with Crippen LogP contribution < -0.4 is 10.1 Å². The van der Waals surface area contributed by atoms with Gasteiger partial charge in [-0.1, -0.05) is 25.5 Å². The van der Waals surface area contributed by atoms with Crippen molar-refractivity contribution in [3.05, 3.63) is 46.9 Å². The minimum absolute atomic E-state index is 0.285. The SMILES string of the molecule is CCCc1cc(NCc2ccc(OC)cc2)nc(Cl)n1. The maximum Gasteiger partial charge on any atom is 0.224 e. The maximum atomic E-state index is 5.93. The summed E-state index contributed by atoms with van der Waals surface area (Å²) in [6.07, 6.45) is 1.94. The van der Waals surface area contributed by atoms with Crippen molar-refractivity contribution in [2.45, 2.75) is 26.3 Å². The molecule has 0 fully saturated rings. The first-order valence-corrected chi connectivity index (χ1v) is 6.99. The van der Waals surface area contributed by atoms with Crippen molar-refractivity contribution >= 4 is 17.4 Å². The number of halogens is 1. The molecule has 0 unspecified atom stereocenters. The number of nitrogens with one attached hydrogen (secondary N) is 1. The van der Waals surface area contributed by atoms with Crippen molar-refractivity contribution in [2.75, 3.05) is 12.4 Å². The first-order chi connectivity index (χ1) is 9.71. The molecule has 0 atom stereocenters. The number of methoxy groups -OCH3 is 1. The van der Waals surface area contributed by atoms with Crippen molar-refractivity contribution < 1.29 is 4.74 Å². The van der Waals surface area contributed by atoms with Gasteiger partial charge >= 0.3 is 0 Å². The fourth-order valence-corrected chi connectivity index (χ4v) is 2.08. The van der Waals surface area contributed by atoms with Crippen LogP contribution in [0.5, 0.6) is 5.75 Å². The molecule has 1 N–H and O–H groups in total. The van der Waals surface area contributed by atoms with Crippen molar-refractivity contribution in [1.29, 1.82) is 0 Å². The van der Waals surface area contributed by atoms with E-state index in [2.05, 4.69) is 22.2 Å². The van der Waals surface area contributed by atoms with E-state index < -0.39 is 0 Å². The Hall–Kier alpha value is -1.81. The molecule has 0 spiro atoms. The van der Waals surface area contributed by atoms with Crippen LogP contribution in [0.2, 0.25) is 5.28 Å². The van der Waals surface area contributed by atoms with E-state index in [1.807, 2.05) is 30.3 Å². The molecule has 0 saturated carbocycles. The highest BCUT2D eigenvalue weighted by atomic mass is 35.5.